The Hall–Kier alpha value is -3.53. The molecule has 4 nitrogen and oxygen atoms in total. The molecule has 35 heavy (non-hydrogen) atoms. The van der Waals surface area contributed by atoms with E-state index in [0.717, 1.165) is 17.1 Å². The van der Waals surface area contributed by atoms with Gasteiger partial charge < -0.3 is 15.5 Å². The lowest BCUT2D eigenvalue weighted by atomic mass is 9.94. The van der Waals surface area contributed by atoms with Gasteiger partial charge in [-0.15, -0.1) is 0 Å². The predicted octanol–water partition coefficient (Wildman–Crippen LogP) is 6.91. The fraction of sp³-hybridized carbons (Fsp3) is 0.323. The molecule has 0 radical (unpaired) electrons. The van der Waals surface area contributed by atoms with Gasteiger partial charge in [0.2, 0.25) is 0 Å². The van der Waals surface area contributed by atoms with Crippen LogP contribution in [0.4, 0.5) is 0 Å². The highest BCUT2D eigenvalue weighted by atomic mass is 15.3. The molecule has 0 amide bonds. The number of nitrogens with one attached hydrogen (secondary N) is 2. The average Bonchev–Trinajstić information content (AvgIpc) is 2.86. The Bertz CT molecular complexity index is 1160. The summed E-state index contributed by atoms with van der Waals surface area (Å²) < 4.78 is 0. The minimum atomic E-state index is -0.578. The summed E-state index contributed by atoms with van der Waals surface area (Å²) in [6.07, 6.45) is 2.26. The first-order chi connectivity index (χ1) is 16.7. The molecule has 0 aromatic heterocycles. The second kappa shape index (κ2) is 9.99. The molecule has 4 heteroatoms. The van der Waals surface area contributed by atoms with E-state index >= 15 is 0 Å². The van der Waals surface area contributed by atoms with Crippen LogP contribution in [0.3, 0.4) is 0 Å². The lowest BCUT2D eigenvalue weighted by molar-refractivity contribution is 0.121. The zero-order chi connectivity index (χ0) is 25.1. The van der Waals surface area contributed by atoms with E-state index in [-0.39, 0.29) is 17.6 Å². The van der Waals surface area contributed by atoms with E-state index < -0.39 is 5.66 Å². The minimum absolute atomic E-state index is 0.116. The molecule has 0 fully saturated rings. The summed E-state index contributed by atoms with van der Waals surface area (Å²) in [6.45, 7) is 13.2. The standard InChI is InChI=1S/C31H38N4/c1-23(25-16-10-7-11-17-25)32-28-22-35(24(2)26-18-12-8-13-19-26)31(6,27-20-14-9-15-21-27)34-29(28)33-30(3,4)5/h7-24,32H,1-6H3,(H,33,34). The highest BCUT2D eigenvalue weighted by molar-refractivity contribution is 5.99. The third-order valence-electron chi connectivity index (χ3n) is 6.54. The zero-order valence-corrected chi connectivity index (χ0v) is 21.8. The van der Waals surface area contributed by atoms with Gasteiger partial charge in [0, 0.05) is 17.8 Å². The third kappa shape index (κ3) is 5.59. The van der Waals surface area contributed by atoms with Gasteiger partial charge in [-0.3, -0.25) is 0 Å². The zero-order valence-electron chi connectivity index (χ0n) is 21.8. The van der Waals surface area contributed by atoms with Crippen molar-refractivity contribution >= 4 is 5.84 Å². The van der Waals surface area contributed by atoms with Gasteiger partial charge in [0.15, 0.2) is 5.66 Å². The van der Waals surface area contributed by atoms with Crippen molar-refractivity contribution < 1.29 is 0 Å². The highest BCUT2D eigenvalue weighted by Crippen LogP contribution is 2.40. The van der Waals surface area contributed by atoms with Gasteiger partial charge in [-0.2, -0.15) is 0 Å². The Balaban J connectivity index is 1.82. The Labute approximate surface area is 210 Å². The van der Waals surface area contributed by atoms with Crippen LogP contribution in [0.15, 0.2) is 108 Å². The van der Waals surface area contributed by atoms with Gasteiger partial charge in [0.25, 0.3) is 0 Å². The highest BCUT2D eigenvalue weighted by Gasteiger charge is 2.40. The fourth-order valence-electron chi connectivity index (χ4n) is 4.62. The van der Waals surface area contributed by atoms with E-state index in [1.54, 1.807) is 0 Å². The molecule has 3 aromatic rings. The molecule has 1 aliphatic rings. The lowest BCUT2D eigenvalue weighted by Crippen LogP contribution is -2.52. The number of benzene rings is 3. The Kier molecular flexibility index (Phi) is 7.02. The van der Waals surface area contributed by atoms with E-state index in [4.69, 9.17) is 4.99 Å². The first kappa shape index (κ1) is 24.6. The van der Waals surface area contributed by atoms with Crippen LogP contribution in [-0.2, 0) is 5.66 Å². The number of nitrogens with zero attached hydrogens (tertiary/aromatic N) is 2. The van der Waals surface area contributed by atoms with Crippen molar-refractivity contribution in [1.29, 1.82) is 0 Å². The molecule has 0 saturated carbocycles. The summed E-state index contributed by atoms with van der Waals surface area (Å²) in [5.74, 6) is 0.878. The molecule has 3 atom stereocenters. The van der Waals surface area contributed by atoms with Gasteiger partial charge in [0.1, 0.15) is 5.84 Å². The largest absolute Gasteiger partial charge is 0.374 e. The average molecular weight is 467 g/mol. The summed E-state index contributed by atoms with van der Waals surface area (Å²) in [4.78, 5) is 7.81. The third-order valence-corrected chi connectivity index (χ3v) is 6.54. The molecule has 0 spiro atoms. The van der Waals surface area contributed by atoms with Crippen molar-refractivity contribution in [2.24, 2.45) is 4.99 Å². The molecule has 2 N–H and O–H groups in total. The molecular weight excluding hydrogens is 428 g/mol. The van der Waals surface area contributed by atoms with Crippen molar-refractivity contribution in [2.75, 3.05) is 0 Å². The minimum Gasteiger partial charge on any atom is -0.374 e. The molecule has 182 valence electrons. The predicted molar refractivity (Wildman–Crippen MR) is 147 cm³/mol. The fourth-order valence-corrected chi connectivity index (χ4v) is 4.62. The number of hydrogen-bond donors (Lipinski definition) is 2. The van der Waals surface area contributed by atoms with Crippen molar-refractivity contribution in [3.8, 4) is 0 Å². The van der Waals surface area contributed by atoms with Crippen LogP contribution in [0, 0.1) is 0 Å². The number of amidine groups is 1. The van der Waals surface area contributed by atoms with Crippen LogP contribution in [0.5, 0.6) is 0 Å². The van der Waals surface area contributed by atoms with E-state index in [1.807, 2.05) is 0 Å². The topological polar surface area (TPSA) is 39.7 Å². The molecule has 3 aromatic carbocycles. The van der Waals surface area contributed by atoms with Gasteiger partial charge in [0.05, 0.1) is 11.7 Å². The first-order valence-corrected chi connectivity index (χ1v) is 12.5. The summed E-state index contributed by atoms with van der Waals surface area (Å²) in [5.41, 5.74) is 3.92. The summed E-state index contributed by atoms with van der Waals surface area (Å²) in [5, 5.41) is 7.44. The maximum atomic E-state index is 5.43. The van der Waals surface area contributed by atoms with E-state index in [1.165, 1.54) is 11.1 Å². The van der Waals surface area contributed by atoms with Crippen LogP contribution < -0.4 is 10.6 Å². The van der Waals surface area contributed by atoms with Gasteiger partial charge in [-0.05, 0) is 58.2 Å². The molecule has 0 saturated heterocycles. The van der Waals surface area contributed by atoms with Crippen molar-refractivity contribution in [3.05, 3.63) is 120 Å². The number of aliphatic imine (C=N–C) groups is 1. The second-order valence-electron chi connectivity index (χ2n) is 10.5. The van der Waals surface area contributed by atoms with Gasteiger partial charge in [-0.1, -0.05) is 91.0 Å². The Morgan fingerprint density at radius 3 is 1.83 bits per heavy atom. The van der Waals surface area contributed by atoms with E-state index in [9.17, 15) is 0 Å². The normalized spacial score (nSPS) is 19.9. The van der Waals surface area contributed by atoms with Crippen LogP contribution in [0.2, 0.25) is 0 Å². The monoisotopic (exact) mass is 466 g/mol. The molecule has 1 aliphatic heterocycles. The number of hydrogen-bond acceptors (Lipinski definition) is 4. The number of rotatable bonds is 6. The summed E-state index contributed by atoms with van der Waals surface area (Å²) >= 11 is 0. The van der Waals surface area contributed by atoms with Crippen LogP contribution in [0.1, 0.15) is 70.3 Å². The molecule has 0 bridgehead atoms. The van der Waals surface area contributed by atoms with Crippen LogP contribution in [0.25, 0.3) is 0 Å². The van der Waals surface area contributed by atoms with E-state index in [0.29, 0.717) is 0 Å². The summed E-state index contributed by atoms with van der Waals surface area (Å²) in [7, 11) is 0. The Morgan fingerprint density at radius 2 is 1.29 bits per heavy atom. The molecule has 1 heterocycles. The lowest BCUT2D eigenvalue weighted by Gasteiger charge is -2.46. The maximum absolute atomic E-state index is 5.43. The van der Waals surface area contributed by atoms with E-state index in [2.05, 4.69) is 154 Å². The van der Waals surface area contributed by atoms with Crippen molar-refractivity contribution in [3.63, 3.8) is 0 Å². The van der Waals surface area contributed by atoms with Crippen molar-refractivity contribution in [2.45, 2.75) is 64.8 Å². The van der Waals surface area contributed by atoms with Crippen molar-refractivity contribution in [1.82, 2.24) is 15.5 Å². The maximum Gasteiger partial charge on any atom is 0.157 e. The molecular formula is C31H38N4. The van der Waals surface area contributed by atoms with Gasteiger partial charge in [-0.25, -0.2) is 4.99 Å². The van der Waals surface area contributed by atoms with Gasteiger partial charge >= 0.3 is 0 Å². The molecule has 0 aliphatic carbocycles. The SMILES string of the molecule is CC(NC1=CN(C(C)c2ccccc2)C(C)(c2ccccc2)N=C1NC(C)(C)C)c1ccccc1. The quantitative estimate of drug-likeness (QED) is 0.414. The summed E-state index contributed by atoms with van der Waals surface area (Å²) in [6, 6.07) is 32.0. The van der Waals surface area contributed by atoms with Crippen LogP contribution in [-0.4, -0.2) is 16.3 Å². The van der Waals surface area contributed by atoms with Crippen LogP contribution >= 0.6 is 0 Å². The Morgan fingerprint density at radius 1 is 0.771 bits per heavy atom. The second-order valence-corrected chi connectivity index (χ2v) is 10.5. The first-order valence-electron chi connectivity index (χ1n) is 12.5. The molecule has 3 unspecified atom stereocenters. The smallest absolute Gasteiger partial charge is 0.157 e. The molecule has 4 rings (SSSR count).